The number of phenolic OH excluding ortho intramolecular Hbond substituents is 4. The summed E-state index contributed by atoms with van der Waals surface area (Å²) in [5.41, 5.74) is 5.06. The van der Waals surface area contributed by atoms with E-state index in [1.54, 1.807) is 7.05 Å². The van der Waals surface area contributed by atoms with Crippen LogP contribution in [0.4, 0.5) is 5.69 Å². The van der Waals surface area contributed by atoms with Crippen molar-refractivity contribution in [2.24, 2.45) is 25.5 Å². The van der Waals surface area contributed by atoms with Crippen LogP contribution in [0.3, 0.4) is 0 Å². The van der Waals surface area contributed by atoms with Gasteiger partial charge in [-0.15, -0.1) is 25.5 Å². The SMILES string of the molecule is CN=Nc1c2[nH]n(/N=C/c3ccc(O)cc3O)nc-2/c(=N\NC)c2nn(/N=C/c3ccc(O)cc3O)nc12. The molecule has 1 aliphatic heterocycles. The Kier molecular flexibility index (Phi) is 6.10. The van der Waals surface area contributed by atoms with E-state index in [0.717, 1.165) is 9.81 Å². The molecule has 0 amide bonds. The maximum Gasteiger partial charge on any atom is 0.147 e. The molecule has 0 unspecified atom stereocenters. The minimum atomic E-state index is -0.167. The van der Waals surface area contributed by atoms with Crippen molar-refractivity contribution in [3.63, 3.8) is 0 Å². The van der Waals surface area contributed by atoms with Crippen molar-refractivity contribution in [2.45, 2.75) is 0 Å². The van der Waals surface area contributed by atoms with Crippen LogP contribution in [0.1, 0.15) is 11.1 Å². The standard InChI is InChI=1S/C22H20N12O4/c1-23-27-17-19-21(31-33(29-19)25-9-11-3-5-13(35)7-15(11)37)18(28-24-2)22-20(17)30-34(32-22)26-10-12-4-6-14(36)8-16(12)38/h3-10,23,31,35-38H,1-2H3/b25-9+,26-10+,27-17+,28-24?. The molecule has 1 aromatic heterocycles. The number of benzene rings is 3. The van der Waals surface area contributed by atoms with Crippen molar-refractivity contribution in [1.29, 1.82) is 0 Å². The number of aromatic nitrogens is 6. The second kappa shape index (κ2) is 9.69. The van der Waals surface area contributed by atoms with Crippen molar-refractivity contribution in [2.75, 3.05) is 14.1 Å². The lowest BCUT2D eigenvalue weighted by Crippen LogP contribution is -2.15. The van der Waals surface area contributed by atoms with Crippen molar-refractivity contribution >= 4 is 29.1 Å². The van der Waals surface area contributed by atoms with Gasteiger partial charge in [0.15, 0.2) is 0 Å². The summed E-state index contributed by atoms with van der Waals surface area (Å²) >= 11 is 0. The third kappa shape index (κ3) is 4.43. The smallest absolute Gasteiger partial charge is 0.147 e. The highest BCUT2D eigenvalue weighted by molar-refractivity contribution is 5.95. The number of H-pyrrole nitrogens is 1. The maximum absolute atomic E-state index is 10.0. The molecule has 16 nitrogen and oxygen atoms in total. The summed E-state index contributed by atoms with van der Waals surface area (Å²) in [7, 11) is 3.11. The summed E-state index contributed by atoms with van der Waals surface area (Å²) in [6.07, 6.45) is 2.68. The highest BCUT2D eigenvalue weighted by atomic mass is 16.3. The zero-order valence-corrected chi connectivity index (χ0v) is 19.9. The van der Waals surface area contributed by atoms with E-state index in [-0.39, 0.29) is 23.0 Å². The largest absolute Gasteiger partial charge is 0.508 e. The molecular weight excluding hydrogens is 496 g/mol. The van der Waals surface area contributed by atoms with E-state index in [0.29, 0.717) is 44.6 Å². The molecule has 0 radical (unpaired) electrons. The number of hydrogen-bond acceptors (Lipinski definition) is 13. The van der Waals surface area contributed by atoms with Crippen LogP contribution >= 0.6 is 0 Å². The molecule has 2 heterocycles. The fraction of sp³-hybridized carbons (Fsp3) is 0.0909. The number of aromatic amines is 1. The van der Waals surface area contributed by atoms with Gasteiger partial charge in [-0.2, -0.15) is 15.3 Å². The van der Waals surface area contributed by atoms with E-state index in [9.17, 15) is 20.4 Å². The van der Waals surface area contributed by atoms with Crippen LogP contribution in [0, 0.1) is 0 Å². The van der Waals surface area contributed by atoms with E-state index in [1.807, 2.05) is 0 Å². The molecule has 0 saturated heterocycles. The number of hydrogen-bond donors (Lipinski definition) is 6. The van der Waals surface area contributed by atoms with Crippen LogP contribution < -0.4 is 10.8 Å². The fourth-order valence-corrected chi connectivity index (χ4v) is 3.53. The molecule has 0 fully saturated rings. The van der Waals surface area contributed by atoms with E-state index >= 15 is 0 Å². The molecular formula is C22H20N12O4. The summed E-state index contributed by atoms with van der Waals surface area (Å²) in [4.78, 5) is 2.19. The zero-order valence-electron chi connectivity index (χ0n) is 19.9. The van der Waals surface area contributed by atoms with Crippen molar-refractivity contribution in [3.8, 4) is 34.4 Å². The molecule has 16 heteroatoms. The summed E-state index contributed by atoms with van der Waals surface area (Å²) in [6, 6.07) is 8.19. The van der Waals surface area contributed by atoms with Gasteiger partial charge in [-0.3, -0.25) is 5.10 Å². The molecule has 0 saturated carbocycles. The number of phenols is 4. The first-order valence-corrected chi connectivity index (χ1v) is 10.9. The highest BCUT2D eigenvalue weighted by Gasteiger charge is 2.25. The first kappa shape index (κ1) is 23.9. The van der Waals surface area contributed by atoms with E-state index in [2.05, 4.69) is 51.4 Å². The lowest BCUT2D eigenvalue weighted by molar-refractivity contribution is 0.449. The Balaban J connectivity index is 1.64. The first-order chi connectivity index (χ1) is 18.4. The Morgan fingerprint density at radius 3 is 2.11 bits per heavy atom. The second-order valence-electron chi connectivity index (χ2n) is 7.70. The van der Waals surface area contributed by atoms with Gasteiger partial charge in [0.25, 0.3) is 0 Å². The third-order valence-electron chi connectivity index (χ3n) is 5.21. The number of nitrogens with one attached hydrogen (secondary N) is 2. The number of rotatable bonds is 6. The van der Waals surface area contributed by atoms with Gasteiger partial charge < -0.3 is 25.9 Å². The normalized spacial score (nSPS) is 12.7. The predicted octanol–water partition coefficient (Wildman–Crippen LogP) is 1.40. The van der Waals surface area contributed by atoms with Crippen molar-refractivity contribution in [3.05, 3.63) is 52.9 Å². The van der Waals surface area contributed by atoms with Crippen LogP contribution in [-0.2, 0) is 0 Å². The molecule has 192 valence electrons. The van der Waals surface area contributed by atoms with Gasteiger partial charge in [-0.1, -0.05) is 9.81 Å². The quantitative estimate of drug-likeness (QED) is 0.110. The monoisotopic (exact) mass is 516 g/mol. The number of fused-ring (bicyclic) bond motifs is 2. The average molecular weight is 516 g/mol. The van der Waals surface area contributed by atoms with Gasteiger partial charge in [0.2, 0.25) is 0 Å². The lowest BCUT2D eigenvalue weighted by Gasteiger charge is -2.01. The Hall–Kier alpha value is -5.80. The Bertz CT molecular complexity index is 1720. The van der Waals surface area contributed by atoms with Gasteiger partial charge >= 0.3 is 0 Å². The van der Waals surface area contributed by atoms with Crippen molar-refractivity contribution < 1.29 is 20.4 Å². The molecule has 1 aliphatic carbocycles. The summed E-state index contributed by atoms with van der Waals surface area (Å²) in [5.74, 6) is -0.488. The molecule has 38 heavy (non-hydrogen) atoms. The van der Waals surface area contributed by atoms with E-state index < -0.39 is 0 Å². The van der Waals surface area contributed by atoms with Crippen LogP contribution in [0.2, 0.25) is 0 Å². The van der Waals surface area contributed by atoms with Crippen LogP contribution in [0.5, 0.6) is 23.0 Å². The van der Waals surface area contributed by atoms with Crippen molar-refractivity contribution in [1.82, 2.24) is 35.6 Å². The summed E-state index contributed by atoms with van der Waals surface area (Å²) in [5, 5.41) is 76.3. The molecule has 2 aliphatic rings. The predicted molar refractivity (Wildman–Crippen MR) is 135 cm³/mol. The van der Waals surface area contributed by atoms with Gasteiger partial charge in [-0.05, 0) is 24.3 Å². The first-order valence-electron chi connectivity index (χ1n) is 10.9. The van der Waals surface area contributed by atoms with Crippen LogP contribution in [0.25, 0.3) is 22.4 Å². The number of azo groups is 1. The van der Waals surface area contributed by atoms with Gasteiger partial charge in [0.1, 0.15) is 56.5 Å². The van der Waals surface area contributed by atoms with Crippen LogP contribution in [0.15, 0.2) is 61.9 Å². The summed E-state index contributed by atoms with van der Waals surface area (Å²) in [6.45, 7) is 0. The van der Waals surface area contributed by atoms with Gasteiger partial charge in [0, 0.05) is 37.4 Å². The molecule has 5 rings (SSSR count). The Morgan fingerprint density at radius 1 is 0.868 bits per heavy atom. The molecule has 0 bridgehead atoms. The van der Waals surface area contributed by atoms with Gasteiger partial charge in [-0.25, -0.2) is 0 Å². The zero-order chi connectivity index (χ0) is 26.8. The van der Waals surface area contributed by atoms with Gasteiger partial charge in [0.05, 0.1) is 12.4 Å². The van der Waals surface area contributed by atoms with E-state index in [4.69, 9.17) is 0 Å². The minimum Gasteiger partial charge on any atom is -0.508 e. The average Bonchev–Trinajstić information content (AvgIpc) is 3.50. The fourth-order valence-electron chi connectivity index (χ4n) is 3.53. The Labute approximate surface area is 212 Å². The molecule has 2 aromatic carbocycles. The molecule has 6 N–H and O–H groups in total. The minimum absolute atomic E-state index is 0.0795. The Morgan fingerprint density at radius 2 is 1.50 bits per heavy atom. The topological polar surface area (TPSA) is 219 Å². The molecule has 3 aromatic rings. The summed E-state index contributed by atoms with van der Waals surface area (Å²) < 4.78 is 0. The molecule has 0 spiro atoms. The third-order valence-corrected chi connectivity index (χ3v) is 5.21. The maximum atomic E-state index is 10.0. The van der Waals surface area contributed by atoms with E-state index in [1.165, 1.54) is 55.9 Å². The lowest BCUT2D eigenvalue weighted by atomic mass is 10.1. The second-order valence-corrected chi connectivity index (χ2v) is 7.70. The number of nitrogens with zero attached hydrogens (tertiary/aromatic N) is 10. The highest BCUT2D eigenvalue weighted by Crippen LogP contribution is 2.33. The molecule has 0 atom stereocenters. The van der Waals surface area contributed by atoms with Crippen LogP contribution in [-0.4, -0.2) is 77.2 Å². The number of aromatic hydroxyl groups is 4.